The summed E-state index contributed by atoms with van der Waals surface area (Å²) in [5, 5.41) is 8.45. The predicted octanol–water partition coefficient (Wildman–Crippen LogP) is 0.657. The molecule has 16 heavy (non-hydrogen) atoms. The monoisotopic (exact) mass is 245 g/mol. The van der Waals surface area contributed by atoms with Gasteiger partial charge in [-0.2, -0.15) is 5.26 Å². The Hall–Kier alpha value is -1.09. The second-order valence-corrected chi connectivity index (χ2v) is 6.43. The quantitative estimate of drug-likeness (QED) is 0.682. The van der Waals surface area contributed by atoms with E-state index in [0.717, 1.165) is 6.26 Å². The molecule has 0 N–H and O–H groups in total. The fourth-order valence-corrected chi connectivity index (χ4v) is 3.10. The first-order valence-corrected chi connectivity index (χ1v) is 7.08. The van der Waals surface area contributed by atoms with E-state index in [9.17, 15) is 13.2 Å². The number of carbonyl (C=O) groups is 1. The van der Waals surface area contributed by atoms with Crippen LogP contribution < -0.4 is 0 Å². The smallest absolute Gasteiger partial charge is 0.326 e. The van der Waals surface area contributed by atoms with Crippen LogP contribution in [-0.2, 0) is 19.4 Å². The molecule has 0 aromatic rings. The number of ether oxygens (including phenoxy) is 1. The highest BCUT2D eigenvalue weighted by Gasteiger charge is 2.49. The molecule has 0 heterocycles. The molecule has 6 heteroatoms. The number of sulfone groups is 1. The molecule has 1 aliphatic carbocycles. The van der Waals surface area contributed by atoms with Crippen LogP contribution in [0.5, 0.6) is 0 Å². The molecule has 5 nitrogen and oxygen atoms in total. The average molecular weight is 245 g/mol. The molecular formula is C10H15NO4S. The zero-order valence-corrected chi connectivity index (χ0v) is 10.2. The standard InChI is InChI=1S/C10H15NO4S/c1-3-15-9(12)10(7-11)5-4-8(6-10)16(2,13)14/h8H,3-6H2,1-2H3/t8-,10+/m0/s1. The maximum Gasteiger partial charge on any atom is 0.326 e. The van der Waals surface area contributed by atoms with Crippen LogP contribution in [-0.4, -0.2) is 32.5 Å². The van der Waals surface area contributed by atoms with Gasteiger partial charge < -0.3 is 4.74 Å². The Balaban J connectivity index is 2.89. The third-order valence-corrected chi connectivity index (χ3v) is 4.57. The summed E-state index contributed by atoms with van der Waals surface area (Å²) in [7, 11) is -3.19. The van der Waals surface area contributed by atoms with Crippen LogP contribution in [0.25, 0.3) is 0 Å². The highest BCUT2D eigenvalue weighted by molar-refractivity contribution is 7.91. The van der Waals surface area contributed by atoms with Gasteiger partial charge in [0.1, 0.15) is 9.84 Å². The first kappa shape index (κ1) is 13.0. The van der Waals surface area contributed by atoms with E-state index in [4.69, 9.17) is 10.00 Å². The van der Waals surface area contributed by atoms with E-state index in [1.54, 1.807) is 6.92 Å². The normalized spacial score (nSPS) is 29.7. The van der Waals surface area contributed by atoms with E-state index >= 15 is 0 Å². The fraction of sp³-hybridized carbons (Fsp3) is 0.800. The summed E-state index contributed by atoms with van der Waals surface area (Å²) >= 11 is 0. The van der Waals surface area contributed by atoms with E-state index in [2.05, 4.69) is 0 Å². The molecule has 1 rings (SSSR count). The number of hydrogen-bond acceptors (Lipinski definition) is 5. The molecule has 0 unspecified atom stereocenters. The van der Waals surface area contributed by atoms with Crippen molar-refractivity contribution in [2.75, 3.05) is 12.9 Å². The number of nitriles is 1. The second-order valence-electron chi connectivity index (χ2n) is 4.11. The molecule has 0 saturated heterocycles. The van der Waals surface area contributed by atoms with E-state index < -0.39 is 26.5 Å². The maximum absolute atomic E-state index is 11.6. The molecule has 0 aliphatic heterocycles. The van der Waals surface area contributed by atoms with Crippen molar-refractivity contribution in [2.45, 2.75) is 31.4 Å². The molecule has 0 radical (unpaired) electrons. The Morgan fingerprint density at radius 1 is 1.62 bits per heavy atom. The highest BCUT2D eigenvalue weighted by Crippen LogP contribution is 2.41. The van der Waals surface area contributed by atoms with Crippen LogP contribution in [0, 0.1) is 16.7 Å². The molecule has 0 amide bonds. The van der Waals surface area contributed by atoms with Gasteiger partial charge in [-0.25, -0.2) is 8.42 Å². The Morgan fingerprint density at radius 2 is 2.25 bits per heavy atom. The van der Waals surface area contributed by atoms with E-state index in [0.29, 0.717) is 6.42 Å². The van der Waals surface area contributed by atoms with Crippen molar-refractivity contribution >= 4 is 15.8 Å². The number of nitrogens with zero attached hydrogens (tertiary/aromatic N) is 1. The Morgan fingerprint density at radius 3 is 2.62 bits per heavy atom. The van der Waals surface area contributed by atoms with Gasteiger partial charge in [-0.1, -0.05) is 0 Å². The van der Waals surface area contributed by atoms with Crippen LogP contribution >= 0.6 is 0 Å². The molecule has 0 aromatic heterocycles. The Kier molecular flexibility index (Phi) is 3.58. The average Bonchev–Trinajstić information content (AvgIpc) is 2.63. The van der Waals surface area contributed by atoms with Crippen molar-refractivity contribution in [3.63, 3.8) is 0 Å². The number of rotatable bonds is 3. The minimum absolute atomic E-state index is 0.0567. The molecular weight excluding hydrogens is 230 g/mol. The van der Waals surface area contributed by atoms with Gasteiger partial charge in [0.05, 0.1) is 17.9 Å². The summed E-state index contributed by atoms with van der Waals surface area (Å²) in [6.45, 7) is 1.86. The summed E-state index contributed by atoms with van der Waals surface area (Å²) in [4.78, 5) is 11.6. The summed E-state index contributed by atoms with van der Waals surface area (Å²) in [6.07, 6.45) is 1.81. The zero-order chi connectivity index (χ0) is 12.4. The van der Waals surface area contributed by atoms with Crippen LogP contribution in [0.15, 0.2) is 0 Å². The summed E-state index contributed by atoms with van der Waals surface area (Å²) < 4.78 is 27.5. The summed E-state index contributed by atoms with van der Waals surface area (Å²) in [6, 6.07) is 1.93. The minimum atomic E-state index is -3.19. The molecule has 1 saturated carbocycles. The second kappa shape index (κ2) is 4.42. The Labute approximate surface area is 95.3 Å². The van der Waals surface area contributed by atoms with E-state index in [-0.39, 0.29) is 19.4 Å². The summed E-state index contributed by atoms with van der Waals surface area (Å²) in [5.74, 6) is -0.594. The molecule has 0 bridgehead atoms. The van der Waals surface area contributed by atoms with Gasteiger partial charge in [-0.3, -0.25) is 4.79 Å². The molecule has 0 aromatic carbocycles. The van der Waals surface area contributed by atoms with E-state index in [1.165, 1.54) is 0 Å². The molecule has 2 atom stereocenters. The van der Waals surface area contributed by atoms with Crippen LogP contribution in [0.3, 0.4) is 0 Å². The van der Waals surface area contributed by atoms with Gasteiger partial charge in [0.2, 0.25) is 0 Å². The zero-order valence-electron chi connectivity index (χ0n) is 9.39. The van der Waals surface area contributed by atoms with Crippen molar-refractivity contribution in [1.82, 2.24) is 0 Å². The van der Waals surface area contributed by atoms with Crippen LogP contribution in [0.4, 0.5) is 0 Å². The molecule has 0 spiro atoms. The lowest BCUT2D eigenvalue weighted by molar-refractivity contribution is -0.151. The minimum Gasteiger partial charge on any atom is -0.465 e. The maximum atomic E-state index is 11.6. The summed E-state index contributed by atoms with van der Waals surface area (Å²) in [5.41, 5.74) is -1.26. The lowest BCUT2D eigenvalue weighted by Crippen LogP contribution is -2.30. The third kappa shape index (κ3) is 2.35. The van der Waals surface area contributed by atoms with Crippen molar-refractivity contribution in [1.29, 1.82) is 5.26 Å². The fourth-order valence-electron chi connectivity index (χ4n) is 1.97. The van der Waals surface area contributed by atoms with E-state index in [1.807, 2.05) is 6.07 Å². The number of carbonyl (C=O) groups excluding carboxylic acids is 1. The van der Waals surface area contributed by atoms with Gasteiger partial charge in [-0.15, -0.1) is 0 Å². The van der Waals surface area contributed by atoms with Crippen molar-refractivity contribution in [2.24, 2.45) is 5.41 Å². The molecule has 1 aliphatic rings. The Bertz CT molecular complexity index is 423. The molecule has 1 fully saturated rings. The van der Waals surface area contributed by atoms with Gasteiger partial charge in [0, 0.05) is 6.26 Å². The lowest BCUT2D eigenvalue weighted by Gasteiger charge is -2.18. The highest BCUT2D eigenvalue weighted by atomic mass is 32.2. The largest absolute Gasteiger partial charge is 0.465 e. The van der Waals surface area contributed by atoms with Gasteiger partial charge in [0.25, 0.3) is 0 Å². The SMILES string of the molecule is CCOC(=O)[C@]1(C#N)CC[C@H](S(C)(=O)=O)C1. The topological polar surface area (TPSA) is 84.2 Å². The molecule has 90 valence electrons. The first-order valence-electron chi connectivity index (χ1n) is 5.13. The van der Waals surface area contributed by atoms with Crippen molar-refractivity contribution < 1.29 is 17.9 Å². The van der Waals surface area contributed by atoms with Crippen molar-refractivity contribution in [3.8, 4) is 6.07 Å². The van der Waals surface area contributed by atoms with Gasteiger partial charge in [-0.05, 0) is 26.2 Å². The van der Waals surface area contributed by atoms with Crippen LogP contribution in [0.1, 0.15) is 26.2 Å². The number of hydrogen-bond donors (Lipinski definition) is 0. The number of esters is 1. The predicted molar refractivity (Wildman–Crippen MR) is 57.2 cm³/mol. The van der Waals surface area contributed by atoms with Gasteiger partial charge in [0.15, 0.2) is 5.41 Å². The van der Waals surface area contributed by atoms with Crippen LogP contribution in [0.2, 0.25) is 0 Å². The lowest BCUT2D eigenvalue weighted by atomic mass is 9.88. The van der Waals surface area contributed by atoms with Gasteiger partial charge >= 0.3 is 5.97 Å². The third-order valence-electron chi connectivity index (χ3n) is 2.95. The van der Waals surface area contributed by atoms with Crippen molar-refractivity contribution in [3.05, 3.63) is 0 Å². The first-order chi connectivity index (χ1) is 7.35.